The molecule has 0 spiro atoms. The fourth-order valence-electron chi connectivity index (χ4n) is 5.07. The number of ketones is 1. The number of hydrogen-bond donors (Lipinski definition) is 0. The van der Waals surface area contributed by atoms with Crippen molar-refractivity contribution < 1.29 is 28.5 Å². The lowest BCUT2D eigenvalue weighted by atomic mass is 9.77. The lowest BCUT2D eigenvalue weighted by Crippen LogP contribution is -2.38. The van der Waals surface area contributed by atoms with E-state index in [2.05, 4.69) is 24.1 Å². The van der Waals surface area contributed by atoms with Crippen molar-refractivity contribution in [2.75, 3.05) is 61.7 Å². The average Bonchev–Trinajstić information content (AvgIpc) is 2.97. The first kappa shape index (κ1) is 27.6. The van der Waals surface area contributed by atoms with E-state index in [0.717, 1.165) is 43.0 Å². The molecule has 1 amide bonds. The van der Waals surface area contributed by atoms with Gasteiger partial charge in [0.1, 0.15) is 0 Å². The molecule has 0 radical (unpaired) electrons. The first-order chi connectivity index (χ1) is 16.9. The Kier molecular flexibility index (Phi) is 9.08. The zero-order valence-electron chi connectivity index (χ0n) is 21.6. The number of carbonyl (C=O) groups excluding carboxylic acids is 2. The third kappa shape index (κ3) is 5.39. The largest absolute Gasteiger partial charge is 0.493 e. The third-order valence-corrected chi connectivity index (χ3v) is 7.04. The second kappa shape index (κ2) is 11.8. The van der Waals surface area contributed by atoms with Gasteiger partial charge in [-0.15, -0.1) is 12.4 Å². The minimum atomic E-state index is -0.484. The number of likely N-dealkylation sites (N-methyl/N-ethyl adjacent to an activating group) is 1. The summed E-state index contributed by atoms with van der Waals surface area (Å²) in [6, 6.07) is 7.57. The quantitative estimate of drug-likeness (QED) is 0.446. The maximum Gasteiger partial charge on any atom is 0.294 e. The van der Waals surface area contributed by atoms with Gasteiger partial charge in [0.05, 0.1) is 28.4 Å². The Bertz CT molecular complexity index is 1120. The van der Waals surface area contributed by atoms with Gasteiger partial charge in [-0.05, 0) is 73.8 Å². The molecule has 0 saturated carbocycles. The SMILES string of the molecule is COc1cc2c(cc1OC)C(=O)C(=O)N(CCCN(C)CC1Cc3cc(OC)c(OC)cc31)CC2.Cl. The zero-order valence-corrected chi connectivity index (χ0v) is 22.4. The second-order valence-corrected chi connectivity index (χ2v) is 9.16. The molecule has 8 nitrogen and oxygen atoms in total. The van der Waals surface area contributed by atoms with E-state index in [9.17, 15) is 9.59 Å². The Hall–Kier alpha value is -2.97. The predicted molar refractivity (Wildman–Crippen MR) is 140 cm³/mol. The van der Waals surface area contributed by atoms with Gasteiger partial charge in [-0.2, -0.15) is 0 Å². The molecule has 0 bridgehead atoms. The van der Waals surface area contributed by atoms with Gasteiger partial charge in [-0.1, -0.05) is 0 Å². The summed E-state index contributed by atoms with van der Waals surface area (Å²) in [6.45, 7) is 2.82. The number of methoxy groups -OCH3 is 4. The summed E-state index contributed by atoms with van der Waals surface area (Å²) in [5.41, 5.74) is 3.84. The molecule has 1 atom stereocenters. The first-order valence-corrected chi connectivity index (χ1v) is 11.9. The number of Topliss-reactive ketones (excluding diaryl/α,β-unsaturated/α-hetero) is 1. The van der Waals surface area contributed by atoms with E-state index in [-0.39, 0.29) is 12.4 Å². The Morgan fingerprint density at radius 2 is 1.47 bits per heavy atom. The zero-order chi connectivity index (χ0) is 25.1. The minimum Gasteiger partial charge on any atom is -0.493 e. The third-order valence-electron chi connectivity index (χ3n) is 7.04. The van der Waals surface area contributed by atoms with Crippen LogP contribution in [0.1, 0.15) is 39.4 Å². The average molecular weight is 519 g/mol. The van der Waals surface area contributed by atoms with E-state index in [1.165, 1.54) is 18.2 Å². The molecule has 4 rings (SSSR count). The normalized spacial score (nSPS) is 16.4. The van der Waals surface area contributed by atoms with E-state index in [4.69, 9.17) is 18.9 Å². The smallest absolute Gasteiger partial charge is 0.294 e. The van der Waals surface area contributed by atoms with Gasteiger partial charge in [-0.25, -0.2) is 0 Å². The molecular formula is C27H35ClN2O6. The fourth-order valence-corrected chi connectivity index (χ4v) is 5.07. The number of nitrogens with zero attached hydrogens (tertiary/aromatic N) is 2. The van der Waals surface area contributed by atoms with Gasteiger partial charge < -0.3 is 28.7 Å². The molecule has 1 unspecified atom stereocenters. The molecule has 0 aromatic heterocycles. The molecule has 0 fully saturated rings. The number of amides is 1. The predicted octanol–water partition coefficient (Wildman–Crippen LogP) is 3.37. The number of carbonyl (C=O) groups is 2. The van der Waals surface area contributed by atoms with E-state index >= 15 is 0 Å². The summed E-state index contributed by atoms with van der Waals surface area (Å²) < 4.78 is 21.5. The van der Waals surface area contributed by atoms with Gasteiger partial charge in [0.15, 0.2) is 23.0 Å². The molecule has 1 heterocycles. The van der Waals surface area contributed by atoms with Crippen LogP contribution in [0.3, 0.4) is 0 Å². The van der Waals surface area contributed by atoms with Crippen molar-refractivity contribution in [1.29, 1.82) is 0 Å². The summed E-state index contributed by atoms with van der Waals surface area (Å²) in [6.07, 6.45) is 2.42. The van der Waals surface area contributed by atoms with Crippen LogP contribution in [0.4, 0.5) is 0 Å². The highest BCUT2D eigenvalue weighted by Gasteiger charge is 2.31. The van der Waals surface area contributed by atoms with E-state index in [0.29, 0.717) is 42.5 Å². The summed E-state index contributed by atoms with van der Waals surface area (Å²) in [4.78, 5) is 29.8. The van der Waals surface area contributed by atoms with Gasteiger partial charge >= 0.3 is 0 Å². The summed E-state index contributed by atoms with van der Waals surface area (Å²) in [7, 11) is 8.49. The van der Waals surface area contributed by atoms with E-state index in [1.54, 1.807) is 38.4 Å². The number of hydrogen-bond acceptors (Lipinski definition) is 7. The molecule has 0 saturated heterocycles. The van der Waals surface area contributed by atoms with Crippen molar-refractivity contribution in [3.05, 3.63) is 46.5 Å². The van der Waals surface area contributed by atoms with Crippen LogP contribution < -0.4 is 18.9 Å². The number of benzene rings is 2. The second-order valence-electron chi connectivity index (χ2n) is 9.16. The Morgan fingerprint density at radius 1 is 0.889 bits per heavy atom. The number of halogens is 1. The molecule has 1 aliphatic heterocycles. The minimum absolute atomic E-state index is 0. The number of rotatable bonds is 10. The molecule has 2 aromatic carbocycles. The molecule has 2 aliphatic rings. The Balaban J connectivity index is 0.00000361. The topological polar surface area (TPSA) is 77.5 Å². The summed E-state index contributed by atoms with van der Waals surface area (Å²) in [5, 5.41) is 0. The maximum absolute atomic E-state index is 12.9. The van der Waals surface area contributed by atoms with Crippen molar-refractivity contribution in [3.63, 3.8) is 0 Å². The summed E-state index contributed by atoms with van der Waals surface area (Å²) >= 11 is 0. The van der Waals surface area contributed by atoms with Crippen LogP contribution in [-0.2, 0) is 17.6 Å². The van der Waals surface area contributed by atoms with Crippen molar-refractivity contribution in [2.24, 2.45) is 0 Å². The van der Waals surface area contributed by atoms with Gasteiger partial charge in [0.2, 0.25) is 0 Å². The highest BCUT2D eigenvalue weighted by Crippen LogP contribution is 2.42. The molecular weight excluding hydrogens is 484 g/mol. The van der Waals surface area contributed by atoms with Crippen LogP contribution >= 0.6 is 12.4 Å². The molecule has 196 valence electrons. The lowest BCUT2D eigenvalue weighted by Gasteiger charge is -2.34. The van der Waals surface area contributed by atoms with E-state index in [1.807, 2.05) is 0 Å². The van der Waals surface area contributed by atoms with Crippen LogP contribution in [0, 0.1) is 0 Å². The number of fused-ring (bicyclic) bond motifs is 2. The summed E-state index contributed by atoms with van der Waals surface area (Å²) in [5.74, 6) is 2.07. The van der Waals surface area contributed by atoms with Crippen molar-refractivity contribution in [3.8, 4) is 23.0 Å². The van der Waals surface area contributed by atoms with Crippen molar-refractivity contribution >= 4 is 24.1 Å². The standard InChI is InChI=1S/C27H34N2O6.ClH/c1-28(16-19-11-18-13-23(33-3)24(34-4)14-20(18)19)8-6-9-29-10-7-17-12-22(32-2)25(35-5)15-21(17)26(30)27(29)31;/h12-15,19H,6-11,16H2,1-5H3;1H. The van der Waals surface area contributed by atoms with Crippen LogP contribution in [0.25, 0.3) is 0 Å². The van der Waals surface area contributed by atoms with Crippen LogP contribution in [-0.4, -0.2) is 83.2 Å². The van der Waals surface area contributed by atoms with Gasteiger partial charge in [-0.3, -0.25) is 9.59 Å². The van der Waals surface area contributed by atoms with Gasteiger partial charge in [0, 0.05) is 31.1 Å². The molecule has 1 aliphatic carbocycles. The first-order valence-electron chi connectivity index (χ1n) is 11.9. The number of ether oxygens (including phenoxy) is 4. The fraction of sp³-hybridized carbons (Fsp3) is 0.481. The molecule has 2 aromatic rings. The lowest BCUT2D eigenvalue weighted by molar-refractivity contribution is -0.126. The Morgan fingerprint density at radius 3 is 2.11 bits per heavy atom. The molecule has 0 N–H and O–H groups in total. The van der Waals surface area contributed by atoms with Crippen LogP contribution in [0.2, 0.25) is 0 Å². The van der Waals surface area contributed by atoms with Crippen LogP contribution in [0.15, 0.2) is 24.3 Å². The highest BCUT2D eigenvalue weighted by atomic mass is 35.5. The molecule has 9 heteroatoms. The van der Waals surface area contributed by atoms with Gasteiger partial charge in [0.25, 0.3) is 11.7 Å². The van der Waals surface area contributed by atoms with Crippen molar-refractivity contribution in [2.45, 2.75) is 25.2 Å². The van der Waals surface area contributed by atoms with E-state index < -0.39 is 11.7 Å². The Labute approximate surface area is 218 Å². The maximum atomic E-state index is 12.9. The van der Waals surface area contributed by atoms with Crippen LogP contribution in [0.5, 0.6) is 23.0 Å². The monoisotopic (exact) mass is 518 g/mol. The molecule has 36 heavy (non-hydrogen) atoms. The van der Waals surface area contributed by atoms with Crippen molar-refractivity contribution in [1.82, 2.24) is 9.80 Å². The highest BCUT2D eigenvalue weighted by molar-refractivity contribution is 6.43.